The van der Waals surface area contributed by atoms with Gasteiger partial charge < -0.3 is 5.32 Å². The minimum Gasteiger partial charge on any atom is -0.310 e. The highest BCUT2D eigenvalue weighted by Gasteiger charge is 2.39. The molecule has 0 aliphatic carbocycles. The van der Waals surface area contributed by atoms with Gasteiger partial charge in [0.15, 0.2) is 9.84 Å². The Morgan fingerprint density at radius 1 is 1.24 bits per heavy atom. The van der Waals surface area contributed by atoms with E-state index in [1.165, 1.54) is 29.7 Å². The van der Waals surface area contributed by atoms with E-state index in [2.05, 4.69) is 27.7 Å². The van der Waals surface area contributed by atoms with Gasteiger partial charge in [0.2, 0.25) is 0 Å². The van der Waals surface area contributed by atoms with Crippen LogP contribution in [0.1, 0.15) is 29.3 Å². The maximum absolute atomic E-state index is 11.6. The predicted molar refractivity (Wildman–Crippen MR) is 102 cm³/mol. The summed E-state index contributed by atoms with van der Waals surface area (Å²) in [4.78, 5) is 4.47. The van der Waals surface area contributed by atoms with Crippen LogP contribution in [0.5, 0.6) is 0 Å². The van der Waals surface area contributed by atoms with Crippen LogP contribution >= 0.6 is 11.3 Å². The number of sulfone groups is 1. The van der Waals surface area contributed by atoms with Gasteiger partial charge in [-0.15, -0.1) is 11.3 Å². The van der Waals surface area contributed by atoms with Gasteiger partial charge >= 0.3 is 0 Å². The van der Waals surface area contributed by atoms with Crippen molar-refractivity contribution in [3.63, 3.8) is 0 Å². The molecule has 4 rings (SSSR count). The minimum absolute atomic E-state index is 0.304. The molecule has 2 saturated heterocycles. The van der Waals surface area contributed by atoms with Gasteiger partial charge in [-0.3, -0.25) is 4.90 Å². The summed E-state index contributed by atoms with van der Waals surface area (Å²) in [6.07, 6.45) is 3.61. The van der Waals surface area contributed by atoms with Crippen LogP contribution < -0.4 is 5.32 Å². The highest BCUT2D eigenvalue weighted by Crippen LogP contribution is 2.36. The van der Waals surface area contributed by atoms with Crippen LogP contribution in [0.4, 0.5) is 0 Å². The summed E-state index contributed by atoms with van der Waals surface area (Å²) in [5.41, 5.74) is 1.19. The Bertz CT molecular complexity index is 816. The third kappa shape index (κ3) is 3.67. The van der Waals surface area contributed by atoms with E-state index in [-0.39, 0.29) is 0 Å². The van der Waals surface area contributed by atoms with E-state index in [0.717, 1.165) is 25.4 Å². The lowest BCUT2D eigenvalue weighted by Crippen LogP contribution is -2.44. The van der Waals surface area contributed by atoms with Crippen LogP contribution in [0.15, 0.2) is 46.7 Å². The van der Waals surface area contributed by atoms with Crippen LogP contribution in [-0.4, -0.2) is 38.7 Å². The molecule has 134 valence electrons. The van der Waals surface area contributed by atoms with Crippen molar-refractivity contribution in [1.29, 1.82) is 0 Å². The molecule has 3 heterocycles. The summed E-state index contributed by atoms with van der Waals surface area (Å²) in [5, 5.41) is 5.82. The fourth-order valence-corrected chi connectivity index (χ4v) is 5.55. The van der Waals surface area contributed by atoms with E-state index in [1.54, 1.807) is 12.1 Å². The van der Waals surface area contributed by atoms with Gasteiger partial charge in [-0.2, -0.15) is 0 Å². The topological polar surface area (TPSA) is 49.4 Å². The van der Waals surface area contributed by atoms with Crippen molar-refractivity contribution in [2.24, 2.45) is 5.92 Å². The molecule has 0 spiro atoms. The first kappa shape index (κ1) is 17.2. The lowest BCUT2D eigenvalue weighted by atomic mass is 9.87. The molecule has 6 heteroatoms. The van der Waals surface area contributed by atoms with E-state index in [9.17, 15) is 8.42 Å². The van der Waals surface area contributed by atoms with Crippen molar-refractivity contribution in [2.45, 2.75) is 36.4 Å². The Balaban J connectivity index is 1.48. The molecule has 25 heavy (non-hydrogen) atoms. The van der Waals surface area contributed by atoms with E-state index < -0.39 is 9.84 Å². The zero-order valence-corrected chi connectivity index (χ0v) is 16.0. The molecule has 2 aromatic rings. The van der Waals surface area contributed by atoms with Crippen molar-refractivity contribution < 1.29 is 8.42 Å². The van der Waals surface area contributed by atoms with Crippen LogP contribution in [-0.2, 0) is 16.4 Å². The minimum atomic E-state index is -3.13. The maximum Gasteiger partial charge on any atom is 0.175 e. The van der Waals surface area contributed by atoms with E-state index in [0.29, 0.717) is 17.0 Å². The monoisotopic (exact) mass is 376 g/mol. The molecule has 1 aromatic carbocycles. The number of nitrogens with one attached hydrogen (secondary N) is 1. The fourth-order valence-electron chi connectivity index (χ4n) is 4.19. The molecule has 0 saturated carbocycles. The van der Waals surface area contributed by atoms with Gasteiger partial charge in [-0.25, -0.2) is 8.42 Å². The second kappa shape index (κ2) is 6.83. The second-order valence-corrected chi connectivity index (χ2v) is 10.3. The first-order valence-corrected chi connectivity index (χ1v) is 11.6. The third-order valence-corrected chi connectivity index (χ3v) is 7.54. The average molecular weight is 377 g/mol. The van der Waals surface area contributed by atoms with Gasteiger partial charge in [-0.1, -0.05) is 18.2 Å². The molecule has 2 fully saturated rings. The first-order chi connectivity index (χ1) is 12.0. The van der Waals surface area contributed by atoms with Crippen molar-refractivity contribution in [3.05, 3.63) is 52.2 Å². The second-order valence-electron chi connectivity index (χ2n) is 7.20. The van der Waals surface area contributed by atoms with Crippen LogP contribution in [0.2, 0.25) is 0 Å². The van der Waals surface area contributed by atoms with Crippen LogP contribution in [0.25, 0.3) is 0 Å². The summed E-state index contributed by atoms with van der Waals surface area (Å²) in [6.45, 7) is 3.28. The zero-order valence-electron chi connectivity index (χ0n) is 14.4. The number of piperidine rings is 1. The number of likely N-dealkylation sites (tertiary alicyclic amines) is 1. The molecular formula is C19H24N2O2S2. The predicted octanol–water partition coefficient (Wildman–Crippen LogP) is 3.08. The fraction of sp³-hybridized carbons (Fsp3) is 0.474. The number of hydrogen-bond acceptors (Lipinski definition) is 5. The van der Waals surface area contributed by atoms with Crippen molar-refractivity contribution in [3.8, 4) is 0 Å². The molecule has 2 aliphatic rings. The van der Waals surface area contributed by atoms with Gasteiger partial charge in [-0.05, 0) is 54.4 Å². The normalized spacial score (nSPS) is 27.3. The summed E-state index contributed by atoms with van der Waals surface area (Å²) in [5.74, 6) is 0.728. The number of nitrogens with zero attached hydrogens (tertiary/aromatic N) is 1. The molecule has 1 N–H and O–H groups in total. The summed E-state index contributed by atoms with van der Waals surface area (Å²) < 4.78 is 23.3. The molecule has 1 aromatic heterocycles. The standard InChI is InChI=1S/C19H24N2O2S2/c1-25(22,23)17-6-4-14(5-7-17)18-11-19-15(12-20-18)8-9-21(19)13-16-3-2-10-24-16/h2-7,10,15,18-20H,8-9,11-13H2,1H3. The van der Waals surface area contributed by atoms with Crippen molar-refractivity contribution in [2.75, 3.05) is 19.3 Å². The van der Waals surface area contributed by atoms with Crippen LogP contribution in [0.3, 0.4) is 0 Å². The number of benzene rings is 1. The molecule has 4 nitrogen and oxygen atoms in total. The smallest absolute Gasteiger partial charge is 0.175 e. The maximum atomic E-state index is 11.6. The van der Waals surface area contributed by atoms with Crippen LogP contribution in [0, 0.1) is 5.92 Å². The molecular weight excluding hydrogens is 352 g/mol. The number of thiophene rings is 1. The lowest BCUT2D eigenvalue weighted by molar-refractivity contribution is 0.161. The summed E-state index contributed by atoms with van der Waals surface area (Å²) >= 11 is 1.84. The summed E-state index contributed by atoms with van der Waals surface area (Å²) in [6, 6.07) is 12.7. The average Bonchev–Trinajstić information content (AvgIpc) is 3.24. The molecule has 0 radical (unpaired) electrons. The Morgan fingerprint density at radius 2 is 2.04 bits per heavy atom. The Kier molecular flexibility index (Phi) is 4.71. The van der Waals surface area contributed by atoms with E-state index in [1.807, 2.05) is 23.5 Å². The molecule has 3 atom stereocenters. The van der Waals surface area contributed by atoms with E-state index in [4.69, 9.17) is 0 Å². The quantitative estimate of drug-likeness (QED) is 0.891. The number of hydrogen-bond donors (Lipinski definition) is 1. The number of fused-ring (bicyclic) bond motifs is 1. The Morgan fingerprint density at radius 3 is 2.72 bits per heavy atom. The zero-order chi connectivity index (χ0) is 17.4. The largest absolute Gasteiger partial charge is 0.310 e. The highest BCUT2D eigenvalue weighted by atomic mass is 32.2. The van der Waals surface area contributed by atoms with Gasteiger partial charge in [0.25, 0.3) is 0 Å². The van der Waals surface area contributed by atoms with E-state index >= 15 is 0 Å². The molecule has 2 aliphatic heterocycles. The Labute approximate surface area is 153 Å². The van der Waals surface area contributed by atoms with Crippen molar-refractivity contribution in [1.82, 2.24) is 10.2 Å². The number of rotatable bonds is 4. The van der Waals surface area contributed by atoms with Crippen molar-refractivity contribution >= 4 is 21.2 Å². The van der Waals surface area contributed by atoms with Gasteiger partial charge in [0.05, 0.1) is 4.90 Å². The lowest BCUT2D eigenvalue weighted by Gasteiger charge is -2.37. The summed E-state index contributed by atoms with van der Waals surface area (Å²) in [7, 11) is -3.13. The highest BCUT2D eigenvalue weighted by molar-refractivity contribution is 7.90. The molecule has 3 unspecified atom stereocenters. The first-order valence-electron chi connectivity index (χ1n) is 8.80. The molecule has 0 amide bonds. The SMILES string of the molecule is CS(=O)(=O)c1ccc(C2CC3C(CCN3Cc3cccs3)CN2)cc1. The molecule has 0 bridgehead atoms. The van der Waals surface area contributed by atoms with Gasteiger partial charge in [0, 0.05) is 36.3 Å². The Hall–Kier alpha value is -1.21. The third-order valence-electron chi connectivity index (χ3n) is 5.55. The van der Waals surface area contributed by atoms with Gasteiger partial charge in [0.1, 0.15) is 0 Å².